The van der Waals surface area contributed by atoms with Gasteiger partial charge < -0.3 is 19.9 Å². The molecule has 1 heterocycles. The van der Waals surface area contributed by atoms with Crippen LogP contribution in [0.3, 0.4) is 0 Å². The number of carbonyl (C=O) groups excluding carboxylic acids is 1. The Kier molecular flexibility index (Phi) is 5.41. The fourth-order valence-electron chi connectivity index (χ4n) is 1.43. The number of nitrogens with zero attached hydrogens (tertiary/aromatic N) is 3. The highest BCUT2D eigenvalue weighted by Crippen LogP contribution is 1.95. The first-order valence-electron chi connectivity index (χ1n) is 5.79. The van der Waals surface area contributed by atoms with E-state index in [4.69, 9.17) is 11.5 Å². The molecule has 2 N–H and O–H groups in total. The van der Waals surface area contributed by atoms with Crippen molar-refractivity contribution in [3.8, 4) is 12.3 Å². The van der Waals surface area contributed by atoms with Crippen molar-refractivity contribution >= 4 is 12.0 Å². The number of carboxylic acids is 1. The third-order valence-electron chi connectivity index (χ3n) is 2.45. The van der Waals surface area contributed by atoms with Gasteiger partial charge in [0.1, 0.15) is 0 Å². The molecule has 0 spiro atoms. The fraction of sp³-hybridized carbons (Fsp3) is 0.417. The molecule has 1 aromatic heterocycles. The van der Waals surface area contributed by atoms with E-state index in [0.29, 0.717) is 19.6 Å². The highest BCUT2D eigenvalue weighted by atomic mass is 16.4. The van der Waals surface area contributed by atoms with E-state index in [0.717, 1.165) is 0 Å². The van der Waals surface area contributed by atoms with Gasteiger partial charge in [-0.2, -0.15) is 0 Å². The van der Waals surface area contributed by atoms with Crippen LogP contribution in [0.4, 0.5) is 4.79 Å². The van der Waals surface area contributed by atoms with Crippen LogP contribution in [0.2, 0.25) is 0 Å². The van der Waals surface area contributed by atoms with Crippen molar-refractivity contribution in [3.63, 3.8) is 0 Å². The second kappa shape index (κ2) is 7.06. The molecule has 0 fully saturated rings. The summed E-state index contributed by atoms with van der Waals surface area (Å²) in [6.45, 7) is 3.45. The van der Waals surface area contributed by atoms with Crippen molar-refractivity contribution < 1.29 is 14.7 Å². The number of amides is 2. The number of nitrogens with one attached hydrogen (secondary N) is 1. The molecule has 7 nitrogen and oxygen atoms in total. The molecule has 19 heavy (non-hydrogen) atoms. The Hall–Kier alpha value is -2.49. The van der Waals surface area contributed by atoms with Gasteiger partial charge >= 0.3 is 12.0 Å². The molecule has 0 saturated carbocycles. The van der Waals surface area contributed by atoms with E-state index < -0.39 is 5.97 Å². The molecule has 0 unspecified atom stereocenters. The van der Waals surface area contributed by atoms with Gasteiger partial charge in [-0.1, -0.05) is 5.92 Å². The molecule has 0 radical (unpaired) electrons. The zero-order valence-corrected chi connectivity index (χ0v) is 10.7. The van der Waals surface area contributed by atoms with Crippen LogP contribution in [0.25, 0.3) is 0 Å². The lowest BCUT2D eigenvalue weighted by Gasteiger charge is -2.18. The maximum atomic E-state index is 11.7. The first kappa shape index (κ1) is 14.6. The van der Waals surface area contributed by atoms with E-state index in [1.807, 2.05) is 6.92 Å². The lowest BCUT2D eigenvalue weighted by molar-refractivity contribution is 0.0691. The van der Waals surface area contributed by atoms with Crippen LogP contribution >= 0.6 is 0 Å². The Bertz CT molecular complexity index is 489. The molecule has 7 heteroatoms. The number of hydrogen-bond donors (Lipinski definition) is 2. The summed E-state index contributed by atoms with van der Waals surface area (Å²) >= 11 is 0. The highest BCUT2D eigenvalue weighted by molar-refractivity contribution is 5.84. The van der Waals surface area contributed by atoms with Crippen LogP contribution in [-0.4, -0.2) is 51.2 Å². The second-order valence-corrected chi connectivity index (χ2v) is 3.75. The molecule has 0 aromatic carbocycles. The van der Waals surface area contributed by atoms with Crippen molar-refractivity contribution in [1.82, 2.24) is 19.8 Å². The lowest BCUT2D eigenvalue weighted by atomic mass is 10.5. The van der Waals surface area contributed by atoms with Crippen LogP contribution in [0, 0.1) is 12.3 Å². The summed E-state index contributed by atoms with van der Waals surface area (Å²) in [4.78, 5) is 27.5. The number of aromatic carboxylic acids is 1. The molecule has 0 aliphatic heterocycles. The van der Waals surface area contributed by atoms with Gasteiger partial charge in [0.15, 0.2) is 5.69 Å². The minimum Gasteiger partial charge on any atom is -0.476 e. The van der Waals surface area contributed by atoms with Gasteiger partial charge in [-0.3, -0.25) is 0 Å². The monoisotopic (exact) mass is 264 g/mol. The molecule has 2 amide bonds. The van der Waals surface area contributed by atoms with Crippen molar-refractivity contribution in [2.45, 2.75) is 13.5 Å². The Morgan fingerprint density at radius 1 is 1.63 bits per heavy atom. The smallest absolute Gasteiger partial charge is 0.356 e. The Balaban J connectivity index is 2.39. The number of carboxylic acid groups (broad SMARTS) is 1. The van der Waals surface area contributed by atoms with Gasteiger partial charge in [0.2, 0.25) is 0 Å². The average molecular weight is 264 g/mol. The lowest BCUT2D eigenvalue weighted by Crippen LogP contribution is -2.41. The van der Waals surface area contributed by atoms with E-state index in [1.54, 1.807) is 4.57 Å². The minimum absolute atomic E-state index is 0.0196. The SMILES string of the molecule is C#CCN(CC)C(=O)NCCn1cnc(C(=O)O)c1. The van der Waals surface area contributed by atoms with Crippen LogP contribution < -0.4 is 5.32 Å². The molecule has 0 aliphatic carbocycles. The van der Waals surface area contributed by atoms with Crippen LogP contribution in [0.5, 0.6) is 0 Å². The standard InChI is InChI=1S/C12H16N4O3/c1-3-6-16(4-2)12(19)13-5-7-15-8-10(11(17)18)14-9-15/h1,8-9H,4-7H2,2H3,(H,13,19)(H,17,18). The second-order valence-electron chi connectivity index (χ2n) is 3.75. The number of hydrogen-bond acceptors (Lipinski definition) is 3. The Labute approximate surface area is 111 Å². The van der Waals surface area contributed by atoms with Gasteiger partial charge in [-0.05, 0) is 6.92 Å². The maximum absolute atomic E-state index is 11.7. The summed E-state index contributed by atoms with van der Waals surface area (Å²) in [5, 5.41) is 11.4. The number of terminal acetylenes is 1. The van der Waals surface area contributed by atoms with Crippen molar-refractivity contribution in [2.75, 3.05) is 19.6 Å². The highest BCUT2D eigenvalue weighted by Gasteiger charge is 2.09. The summed E-state index contributed by atoms with van der Waals surface area (Å²) in [6.07, 6.45) is 7.98. The quantitative estimate of drug-likeness (QED) is 0.721. The van der Waals surface area contributed by atoms with E-state index in [1.165, 1.54) is 17.4 Å². The zero-order chi connectivity index (χ0) is 14.3. The third-order valence-corrected chi connectivity index (χ3v) is 2.45. The molecule has 0 atom stereocenters. The molecule has 102 valence electrons. The van der Waals surface area contributed by atoms with Crippen molar-refractivity contribution in [3.05, 3.63) is 18.2 Å². The van der Waals surface area contributed by atoms with Crippen LogP contribution in [-0.2, 0) is 6.54 Å². The maximum Gasteiger partial charge on any atom is 0.356 e. The first-order chi connectivity index (χ1) is 9.08. The van der Waals surface area contributed by atoms with Crippen molar-refractivity contribution in [1.29, 1.82) is 0 Å². The number of carbonyl (C=O) groups is 2. The number of rotatable bonds is 6. The topological polar surface area (TPSA) is 87.5 Å². The molecular weight excluding hydrogens is 248 g/mol. The van der Waals surface area contributed by atoms with Crippen LogP contribution in [0.1, 0.15) is 17.4 Å². The third kappa shape index (κ3) is 4.35. The number of imidazole rings is 1. The summed E-state index contributed by atoms with van der Waals surface area (Å²) in [5.74, 6) is 1.33. The summed E-state index contributed by atoms with van der Waals surface area (Å²) in [5.41, 5.74) is -0.0196. The zero-order valence-electron chi connectivity index (χ0n) is 10.7. The van der Waals surface area contributed by atoms with E-state index in [9.17, 15) is 9.59 Å². The number of urea groups is 1. The van der Waals surface area contributed by atoms with Crippen molar-refractivity contribution in [2.24, 2.45) is 0 Å². The molecule has 1 aromatic rings. The van der Waals surface area contributed by atoms with Gasteiger partial charge in [0, 0.05) is 25.8 Å². The minimum atomic E-state index is -1.08. The van der Waals surface area contributed by atoms with Gasteiger partial charge in [-0.25, -0.2) is 14.6 Å². The van der Waals surface area contributed by atoms with E-state index >= 15 is 0 Å². The molecular formula is C12H16N4O3. The van der Waals surface area contributed by atoms with Gasteiger partial charge in [0.25, 0.3) is 0 Å². The molecule has 1 rings (SSSR count). The largest absolute Gasteiger partial charge is 0.476 e. The Morgan fingerprint density at radius 2 is 2.37 bits per heavy atom. The summed E-state index contributed by atoms with van der Waals surface area (Å²) in [6, 6.07) is -0.237. The first-order valence-corrected chi connectivity index (χ1v) is 5.79. The molecule has 0 saturated heterocycles. The molecule has 0 bridgehead atoms. The predicted molar refractivity (Wildman–Crippen MR) is 68.7 cm³/mol. The van der Waals surface area contributed by atoms with E-state index in [2.05, 4.69) is 16.2 Å². The number of aromatic nitrogens is 2. The van der Waals surface area contributed by atoms with Gasteiger partial charge in [-0.15, -0.1) is 6.42 Å². The normalized spacial score (nSPS) is 9.68. The average Bonchev–Trinajstić information content (AvgIpc) is 2.84. The summed E-state index contributed by atoms with van der Waals surface area (Å²) < 4.78 is 1.60. The van der Waals surface area contributed by atoms with Gasteiger partial charge in [0.05, 0.1) is 12.9 Å². The van der Waals surface area contributed by atoms with Crippen LogP contribution in [0.15, 0.2) is 12.5 Å². The Morgan fingerprint density at radius 3 is 2.89 bits per heavy atom. The molecule has 0 aliphatic rings. The fourth-order valence-corrected chi connectivity index (χ4v) is 1.43. The predicted octanol–water partition coefficient (Wildman–Crippen LogP) is 0.246. The van der Waals surface area contributed by atoms with E-state index in [-0.39, 0.29) is 18.3 Å². The summed E-state index contributed by atoms with van der Waals surface area (Å²) in [7, 11) is 0.